The number of carbonyl (C=O) groups is 2. The molecule has 0 saturated heterocycles. The number of carbonyl (C=O) groups excluding carboxylic acids is 2. The first-order chi connectivity index (χ1) is 12.5. The average molecular weight is 390 g/mol. The van der Waals surface area contributed by atoms with Crippen LogP contribution in [0, 0.1) is 0 Å². The lowest BCUT2D eigenvalue weighted by Gasteiger charge is -2.26. The van der Waals surface area contributed by atoms with Gasteiger partial charge in [-0.05, 0) is 35.6 Å². The number of unbranched alkanes of at least 4 members (excludes halogenated alkanes) is 2. The molecular weight excluding hydrogens is 370 g/mol. The minimum Gasteiger partial charge on any atom is -0.503 e. The first-order valence-corrected chi connectivity index (χ1v) is 9.88. The Morgan fingerprint density at radius 2 is 1.96 bits per heavy atom. The van der Waals surface area contributed by atoms with Crippen LogP contribution in [-0.2, 0) is 4.79 Å². The number of halogens is 1. The summed E-state index contributed by atoms with van der Waals surface area (Å²) in [4.78, 5) is 27.8. The lowest BCUT2D eigenvalue weighted by Crippen LogP contribution is -2.32. The van der Waals surface area contributed by atoms with Crippen molar-refractivity contribution in [3.05, 3.63) is 68.6 Å². The van der Waals surface area contributed by atoms with Crippen LogP contribution in [0.15, 0.2) is 53.1 Å². The molecule has 1 aliphatic rings. The van der Waals surface area contributed by atoms with Gasteiger partial charge in [0, 0.05) is 11.6 Å². The lowest BCUT2D eigenvalue weighted by atomic mass is 9.95. The second-order valence-electron chi connectivity index (χ2n) is 6.23. The van der Waals surface area contributed by atoms with E-state index in [9.17, 15) is 14.7 Å². The van der Waals surface area contributed by atoms with Crippen LogP contribution >= 0.6 is 22.9 Å². The molecule has 1 aliphatic heterocycles. The number of Topliss-reactive ketones (excluding diaryl/α,β-unsaturated/α-hetero) is 1. The average Bonchev–Trinajstić information content (AvgIpc) is 3.25. The lowest BCUT2D eigenvalue weighted by molar-refractivity contribution is -0.129. The van der Waals surface area contributed by atoms with Gasteiger partial charge in [-0.1, -0.05) is 49.6 Å². The van der Waals surface area contributed by atoms with E-state index in [0.717, 1.165) is 24.8 Å². The zero-order chi connectivity index (χ0) is 18.7. The van der Waals surface area contributed by atoms with Crippen molar-refractivity contribution in [2.24, 2.45) is 0 Å². The minimum absolute atomic E-state index is 0.149. The first kappa shape index (κ1) is 18.7. The van der Waals surface area contributed by atoms with Crippen LogP contribution < -0.4 is 0 Å². The van der Waals surface area contributed by atoms with Crippen molar-refractivity contribution in [1.82, 2.24) is 4.90 Å². The maximum absolute atomic E-state index is 13.0. The normalized spacial score (nSPS) is 17.2. The Morgan fingerprint density at radius 1 is 1.23 bits per heavy atom. The van der Waals surface area contributed by atoms with Gasteiger partial charge < -0.3 is 10.0 Å². The van der Waals surface area contributed by atoms with E-state index in [1.165, 1.54) is 11.3 Å². The number of amides is 1. The molecule has 1 aromatic heterocycles. The number of aliphatic hydroxyl groups is 1. The Bertz CT molecular complexity index is 827. The molecule has 2 aromatic rings. The Hall–Kier alpha value is -2.11. The van der Waals surface area contributed by atoms with Gasteiger partial charge in [-0.3, -0.25) is 9.59 Å². The molecule has 26 heavy (non-hydrogen) atoms. The van der Waals surface area contributed by atoms with E-state index >= 15 is 0 Å². The number of nitrogens with zero attached hydrogens (tertiary/aromatic N) is 1. The molecule has 6 heteroatoms. The SMILES string of the molecule is CCCCCN1C(=O)C(O)=C(C(=O)c2cccs2)C1c1ccc(Cl)cc1. The molecule has 1 aromatic carbocycles. The monoisotopic (exact) mass is 389 g/mol. The summed E-state index contributed by atoms with van der Waals surface area (Å²) in [5.74, 6) is -1.23. The maximum Gasteiger partial charge on any atom is 0.290 e. The Kier molecular flexibility index (Phi) is 5.79. The molecule has 136 valence electrons. The van der Waals surface area contributed by atoms with E-state index in [-0.39, 0.29) is 11.4 Å². The van der Waals surface area contributed by atoms with Gasteiger partial charge in [0.2, 0.25) is 5.78 Å². The Labute approximate surface area is 161 Å². The fraction of sp³-hybridized carbons (Fsp3) is 0.300. The van der Waals surface area contributed by atoms with Crippen molar-refractivity contribution < 1.29 is 14.7 Å². The van der Waals surface area contributed by atoms with Gasteiger partial charge in [-0.2, -0.15) is 0 Å². The molecule has 0 bridgehead atoms. The number of benzene rings is 1. The van der Waals surface area contributed by atoms with Crippen LogP contribution in [0.2, 0.25) is 5.02 Å². The molecule has 0 fully saturated rings. The molecule has 4 nitrogen and oxygen atoms in total. The molecule has 1 atom stereocenters. The minimum atomic E-state index is -0.591. The summed E-state index contributed by atoms with van der Waals surface area (Å²) in [6, 6.07) is 9.95. The van der Waals surface area contributed by atoms with Crippen molar-refractivity contribution >= 4 is 34.6 Å². The molecule has 0 spiro atoms. The number of aliphatic hydroxyl groups excluding tert-OH is 1. The summed E-state index contributed by atoms with van der Waals surface area (Å²) in [6.45, 7) is 2.58. The predicted octanol–water partition coefficient (Wildman–Crippen LogP) is 5.17. The fourth-order valence-electron chi connectivity index (χ4n) is 3.18. The van der Waals surface area contributed by atoms with Gasteiger partial charge in [-0.25, -0.2) is 0 Å². The Morgan fingerprint density at radius 3 is 2.58 bits per heavy atom. The largest absolute Gasteiger partial charge is 0.503 e. The second kappa shape index (κ2) is 8.06. The van der Waals surface area contributed by atoms with E-state index in [2.05, 4.69) is 6.92 Å². The van der Waals surface area contributed by atoms with Crippen molar-refractivity contribution in [3.8, 4) is 0 Å². The van der Waals surface area contributed by atoms with E-state index < -0.39 is 17.7 Å². The summed E-state index contributed by atoms with van der Waals surface area (Å²) in [5.41, 5.74) is 0.916. The number of thiophene rings is 1. The summed E-state index contributed by atoms with van der Waals surface area (Å²) in [6.07, 6.45) is 2.82. The van der Waals surface area contributed by atoms with Gasteiger partial charge in [-0.15, -0.1) is 11.3 Å². The van der Waals surface area contributed by atoms with E-state index in [0.29, 0.717) is 16.4 Å². The van der Waals surface area contributed by atoms with Crippen LogP contribution in [0.5, 0.6) is 0 Å². The van der Waals surface area contributed by atoms with E-state index in [4.69, 9.17) is 11.6 Å². The number of hydrogen-bond donors (Lipinski definition) is 1. The van der Waals surface area contributed by atoms with Gasteiger partial charge in [0.25, 0.3) is 5.91 Å². The maximum atomic E-state index is 13.0. The molecule has 0 aliphatic carbocycles. The van der Waals surface area contributed by atoms with Gasteiger partial charge in [0.05, 0.1) is 16.5 Å². The highest BCUT2D eigenvalue weighted by molar-refractivity contribution is 7.12. The van der Waals surface area contributed by atoms with Gasteiger partial charge in [0.15, 0.2) is 5.76 Å². The third kappa shape index (κ3) is 3.55. The summed E-state index contributed by atoms with van der Waals surface area (Å²) in [5, 5.41) is 12.9. The zero-order valence-electron chi connectivity index (χ0n) is 14.4. The molecule has 1 N–H and O–H groups in total. The molecule has 0 radical (unpaired) electrons. The highest BCUT2D eigenvalue weighted by Gasteiger charge is 2.43. The summed E-state index contributed by atoms with van der Waals surface area (Å²) in [7, 11) is 0. The van der Waals surface area contributed by atoms with Crippen molar-refractivity contribution in [1.29, 1.82) is 0 Å². The highest BCUT2D eigenvalue weighted by Crippen LogP contribution is 2.39. The first-order valence-electron chi connectivity index (χ1n) is 8.62. The zero-order valence-corrected chi connectivity index (χ0v) is 16.0. The van der Waals surface area contributed by atoms with Crippen molar-refractivity contribution in [2.45, 2.75) is 32.2 Å². The fourth-order valence-corrected chi connectivity index (χ4v) is 3.98. The van der Waals surface area contributed by atoms with Crippen LogP contribution in [0.1, 0.15) is 47.5 Å². The quantitative estimate of drug-likeness (QED) is 0.525. The molecular formula is C20H20ClNO3S. The smallest absolute Gasteiger partial charge is 0.290 e. The van der Waals surface area contributed by atoms with Crippen LogP contribution in [0.3, 0.4) is 0 Å². The number of rotatable bonds is 7. The van der Waals surface area contributed by atoms with E-state index in [1.54, 1.807) is 46.7 Å². The number of ketones is 1. The Balaban J connectivity index is 2.02. The molecule has 0 saturated carbocycles. The van der Waals surface area contributed by atoms with Crippen LogP contribution in [-0.4, -0.2) is 28.2 Å². The summed E-state index contributed by atoms with van der Waals surface area (Å²) < 4.78 is 0. The topological polar surface area (TPSA) is 57.6 Å². The van der Waals surface area contributed by atoms with Gasteiger partial charge >= 0.3 is 0 Å². The van der Waals surface area contributed by atoms with Gasteiger partial charge in [0.1, 0.15) is 0 Å². The third-order valence-corrected chi connectivity index (χ3v) is 5.60. The standard InChI is InChI=1S/C20H20ClNO3S/c1-2-3-4-11-22-17(13-7-9-14(21)10-8-13)16(19(24)20(22)25)18(23)15-6-5-12-26-15/h5-10,12,17,24H,2-4,11H2,1H3. The van der Waals surface area contributed by atoms with Crippen molar-refractivity contribution in [2.75, 3.05) is 6.54 Å². The molecule has 1 unspecified atom stereocenters. The number of hydrogen-bond acceptors (Lipinski definition) is 4. The summed E-state index contributed by atoms with van der Waals surface area (Å²) >= 11 is 7.29. The van der Waals surface area contributed by atoms with Crippen LogP contribution in [0.25, 0.3) is 0 Å². The third-order valence-electron chi connectivity index (χ3n) is 4.48. The van der Waals surface area contributed by atoms with E-state index in [1.807, 2.05) is 0 Å². The molecule has 2 heterocycles. The molecule has 1 amide bonds. The predicted molar refractivity (Wildman–Crippen MR) is 104 cm³/mol. The second-order valence-corrected chi connectivity index (χ2v) is 7.61. The van der Waals surface area contributed by atoms with Crippen molar-refractivity contribution in [3.63, 3.8) is 0 Å². The highest BCUT2D eigenvalue weighted by atomic mass is 35.5. The van der Waals surface area contributed by atoms with Crippen LogP contribution in [0.4, 0.5) is 0 Å². The molecule has 3 rings (SSSR count).